The Bertz CT molecular complexity index is 2530. The van der Waals surface area contributed by atoms with E-state index in [4.69, 9.17) is 4.74 Å². The third-order valence-electron chi connectivity index (χ3n) is 12.1. The molecular weight excluding hydrogens is 733 g/mol. The van der Waals surface area contributed by atoms with Gasteiger partial charge in [0.15, 0.2) is 23.1 Å². The van der Waals surface area contributed by atoms with Gasteiger partial charge in [-0.05, 0) is 91.9 Å². The molecule has 1 saturated carbocycles. The molecule has 2 saturated heterocycles. The number of carbonyl (C=O) groups excluding carboxylic acids is 6. The van der Waals surface area contributed by atoms with Crippen molar-refractivity contribution in [1.82, 2.24) is 0 Å². The van der Waals surface area contributed by atoms with E-state index in [1.807, 2.05) is 18.2 Å². The highest BCUT2D eigenvalue weighted by Gasteiger charge is 2.62. The summed E-state index contributed by atoms with van der Waals surface area (Å²) in [7, 11) is 0. The number of allylic oxidation sites excluding steroid dienone is 2. The predicted octanol–water partition coefficient (Wildman–Crippen LogP) is 7.30. The Labute approximate surface area is 334 Å². The van der Waals surface area contributed by atoms with Gasteiger partial charge in [0.1, 0.15) is 0 Å². The number of anilines is 2. The first-order chi connectivity index (χ1) is 28.2. The number of ether oxygens (including phenoxy) is 1. The van der Waals surface area contributed by atoms with Crippen LogP contribution in [0.3, 0.4) is 0 Å². The van der Waals surface area contributed by atoms with E-state index in [1.165, 1.54) is 15.9 Å². The van der Waals surface area contributed by atoms with Crippen LogP contribution in [0.2, 0.25) is 0 Å². The number of nitrogens with zero attached hydrogens (tertiary/aromatic N) is 2. The normalized spacial score (nSPS) is 23.6. The topological polar surface area (TPSA) is 138 Å². The number of amides is 4. The molecule has 3 fully saturated rings. The quantitative estimate of drug-likeness (QED) is 0.0937. The van der Waals surface area contributed by atoms with Crippen molar-refractivity contribution in [3.8, 4) is 11.5 Å². The van der Waals surface area contributed by atoms with Crippen molar-refractivity contribution in [3.63, 3.8) is 0 Å². The minimum Gasteiger partial charge on any atom is -0.504 e. The van der Waals surface area contributed by atoms with Gasteiger partial charge in [-0.1, -0.05) is 78.4 Å². The lowest BCUT2D eigenvalue weighted by molar-refractivity contribution is -0.126. The average molecular weight is 771 g/mol. The molecule has 0 aromatic heterocycles. The molecule has 10 heteroatoms. The Morgan fingerprint density at radius 2 is 1.10 bits per heavy atom. The number of hydrogen-bond acceptors (Lipinski definition) is 8. The fourth-order valence-corrected chi connectivity index (χ4v) is 9.50. The Kier molecular flexibility index (Phi) is 9.19. The molecule has 1 N–H and O–H groups in total. The van der Waals surface area contributed by atoms with E-state index in [0.717, 1.165) is 5.57 Å². The standard InChI is InChI=1S/C48H38N2O8/c1-2-58-39-25-31(17-24-38(39)51)40-34-22-23-35-41(47(56)49(45(35)54)32-18-13-29(14-19-32)43(52)27-9-5-3-6-10-27)36(34)26-37-42(40)48(57)50(46(37)55)33-20-15-30(16-21-33)44(53)28-11-7-4-8-12-28/h3-22,24-25,35-37,40-42,51H,2,23,26H2,1H3. The number of hydrogen-bond donors (Lipinski definition) is 1. The summed E-state index contributed by atoms with van der Waals surface area (Å²) in [6, 6.07) is 35.4. The van der Waals surface area contributed by atoms with Crippen molar-refractivity contribution in [1.29, 1.82) is 0 Å². The van der Waals surface area contributed by atoms with Crippen molar-refractivity contribution in [3.05, 3.63) is 167 Å². The number of fused-ring (bicyclic) bond motifs is 4. The number of imide groups is 2. The highest BCUT2D eigenvalue weighted by atomic mass is 16.5. The Morgan fingerprint density at radius 1 is 0.603 bits per heavy atom. The zero-order chi connectivity index (χ0) is 40.2. The minimum absolute atomic E-state index is 0.0727. The molecule has 5 aromatic rings. The summed E-state index contributed by atoms with van der Waals surface area (Å²) >= 11 is 0. The number of benzene rings is 5. The van der Waals surface area contributed by atoms with Gasteiger partial charge in [-0.3, -0.25) is 38.6 Å². The van der Waals surface area contributed by atoms with E-state index >= 15 is 0 Å². The second-order valence-electron chi connectivity index (χ2n) is 15.2. The summed E-state index contributed by atoms with van der Waals surface area (Å²) in [5.41, 5.74) is 3.99. The number of phenolic OH excluding ortho intramolecular Hbond substituents is 1. The molecule has 0 radical (unpaired) electrons. The van der Waals surface area contributed by atoms with Crippen LogP contribution >= 0.6 is 0 Å². The molecule has 6 unspecified atom stereocenters. The van der Waals surface area contributed by atoms with Gasteiger partial charge in [0, 0.05) is 28.2 Å². The zero-order valence-corrected chi connectivity index (χ0v) is 31.5. The first kappa shape index (κ1) is 36.7. The fourth-order valence-electron chi connectivity index (χ4n) is 9.50. The second kappa shape index (κ2) is 14.5. The highest BCUT2D eigenvalue weighted by molar-refractivity contribution is 6.24. The van der Waals surface area contributed by atoms with E-state index in [0.29, 0.717) is 39.2 Å². The number of aromatic hydroxyl groups is 1. The SMILES string of the molecule is CCOc1cc(C2C3=CCC4C(=O)N(c5ccc(C(=O)c6ccccc6)cc5)C(=O)C4C3CC3C(=O)N(c4ccc(C(=O)c5ccccc5)cc4)C(=O)C32)ccc1O. The molecule has 10 nitrogen and oxygen atoms in total. The molecule has 58 heavy (non-hydrogen) atoms. The summed E-state index contributed by atoms with van der Waals surface area (Å²) < 4.78 is 5.74. The zero-order valence-electron chi connectivity index (χ0n) is 31.5. The first-order valence-electron chi connectivity index (χ1n) is 19.5. The molecule has 5 aromatic carbocycles. The summed E-state index contributed by atoms with van der Waals surface area (Å²) in [5, 5.41) is 10.6. The molecule has 288 valence electrons. The third-order valence-corrected chi connectivity index (χ3v) is 12.1. The van der Waals surface area contributed by atoms with Crippen LogP contribution in [0.15, 0.2) is 139 Å². The van der Waals surface area contributed by atoms with Crippen molar-refractivity contribution in [2.75, 3.05) is 16.4 Å². The number of ketones is 2. The smallest absolute Gasteiger partial charge is 0.238 e. The summed E-state index contributed by atoms with van der Waals surface area (Å²) in [5.74, 6) is -6.12. The molecule has 0 bridgehead atoms. The average Bonchev–Trinajstić information content (AvgIpc) is 3.67. The predicted molar refractivity (Wildman–Crippen MR) is 214 cm³/mol. The van der Waals surface area contributed by atoms with Crippen LogP contribution < -0.4 is 14.5 Å². The summed E-state index contributed by atoms with van der Waals surface area (Å²) in [4.78, 5) is 86.5. The van der Waals surface area contributed by atoms with E-state index in [2.05, 4.69) is 0 Å². The van der Waals surface area contributed by atoms with Crippen molar-refractivity contribution >= 4 is 46.6 Å². The maximum atomic E-state index is 14.7. The van der Waals surface area contributed by atoms with Gasteiger partial charge in [-0.25, -0.2) is 0 Å². The molecule has 6 atom stereocenters. The minimum atomic E-state index is -0.839. The van der Waals surface area contributed by atoms with Crippen LogP contribution in [0.5, 0.6) is 11.5 Å². The molecule has 4 aliphatic rings. The maximum absolute atomic E-state index is 14.7. The van der Waals surface area contributed by atoms with Gasteiger partial charge < -0.3 is 9.84 Å². The van der Waals surface area contributed by atoms with Crippen LogP contribution in [0.1, 0.15) is 63.1 Å². The lowest BCUT2D eigenvalue weighted by Gasteiger charge is -2.44. The van der Waals surface area contributed by atoms with Gasteiger partial charge in [0.25, 0.3) is 0 Å². The van der Waals surface area contributed by atoms with Crippen LogP contribution in [0.25, 0.3) is 0 Å². The molecule has 4 amide bonds. The number of phenols is 1. The van der Waals surface area contributed by atoms with E-state index in [1.54, 1.807) is 116 Å². The molecular formula is C48H38N2O8. The Morgan fingerprint density at radius 3 is 1.64 bits per heavy atom. The van der Waals surface area contributed by atoms with Gasteiger partial charge >= 0.3 is 0 Å². The third kappa shape index (κ3) is 5.95. The van der Waals surface area contributed by atoms with Crippen molar-refractivity contribution in [2.24, 2.45) is 29.6 Å². The molecule has 0 spiro atoms. The lowest BCUT2D eigenvalue weighted by atomic mass is 9.57. The Balaban J connectivity index is 1.06. The van der Waals surface area contributed by atoms with Crippen LogP contribution in [-0.4, -0.2) is 46.9 Å². The van der Waals surface area contributed by atoms with E-state index in [-0.39, 0.29) is 48.4 Å². The molecule has 2 aliphatic heterocycles. The maximum Gasteiger partial charge on any atom is 0.238 e. The van der Waals surface area contributed by atoms with Crippen LogP contribution in [0, 0.1) is 29.6 Å². The summed E-state index contributed by atoms with van der Waals surface area (Å²) in [6.07, 6.45) is 2.39. The van der Waals surface area contributed by atoms with Gasteiger partial charge in [0.2, 0.25) is 23.6 Å². The fraction of sp³-hybridized carbons (Fsp3) is 0.208. The van der Waals surface area contributed by atoms with E-state index < -0.39 is 53.2 Å². The lowest BCUT2D eigenvalue weighted by Crippen LogP contribution is -2.43. The van der Waals surface area contributed by atoms with Gasteiger partial charge in [-0.2, -0.15) is 0 Å². The van der Waals surface area contributed by atoms with Crippen LogP contribution in [0.4, 0.5) is 11.4 Å². The number of carbonyl (C=O) groups is 6. The monoisotopic (exact) mass is 770 g/mol. The largest absolute Gasteiger partial charge is 0.504 e. The summed E-state index contributed by atoms with van der Waals surface area (Å²) in [6.45, 7) is 2.08. The van der Waals surface area contributed by atoms with E-state index in [9.17, 15) is 33.9 Å². The molecule has 2 aliphatic carbocycles. The van der Waals surface area contributed by atoms with Gasteiger partial charge in [0.05, 0.1) is 41.7 Å². The molecule has 9 rings (SSSR count). The van der Waals surface area contributed by atoms with Crippen LogP contribution in [-0.2, 0) is 19.2 Å². The highest BCUT2D eigenvalue weighted by Crippen LogP contribution is 2.59. The van der Waals surface area contributed by atoms with Gasteiger partial charge in [-0.15, -0.1) is 0 Å². The molecule has 2 heterocycles. The number of rotatable bonds is 9. The van der Waals surface area contributed by atoms with Crippen molar-refractivity contribution < 1.29 is 38.6 Å². The van der Waals surface area contributed by atoms with Crippen molar-refractivity contribution in [2.45, 2.75) is 25.7 Å². The second-order valence-corrected chi connectivity index (χ2v) is 15.2. The first-order valence-corrected chi connectivity index (χ1v) is 19.5. The Hall–Kier alpha value is -6.94.